The lowest BCUT2D eigenvalue weighted by Gasteiger charge is -2.08. The largest absolute Gasteiger partial charge is 0.508 e. The second kappa shape index (κ2) is 4.23. The summed E-state index contributed by atoms with van der Waals surface area (Å²) < 4.78 is 0. The molecule has 4 nitrogen and oxygen atoms in total. The van der Waals surface area contributed by atoms with Crippen LogP contribution < -0.4 is 0 Å². The molecule has 0 heterocycles. The summed E-state index contributed by atoms with van der Waals surface area (Å²) in [6.07, 6.45) is 0. The standard InChI is InChI=1S/C9H12O4/c10-3-6-1-8(5-12)9(13)2-7(6)4-11/h1-2,10-13H,3-5H2. The van der Waals surface area contributed by atoms with Gasteiger partial charge in [0.05, 0.1) is 19.8 Å². The van der Waals surface area contributed by atoms with E-state index in [4.69, 9.17) is 15.3 Å². The Balaban J connectivity index is 3.18. The molecule has 0 spiro atoms. The van der Waals surface area contributed by atoms with Gasteiger partial charge in [0.15, 0.2) is 0 Å². The highest BCUT2D eigenvalue weighted by Crippen LogP contribution is 2.22. The fraction of sp³-hybridized carbons (Fsp3) is 0.333. The molecule has 4 N–H and O–H groups in total. The molecule has 0 fully saturated rings. The Morgan fingerprint density at radius 1 is 0.769 bits per heavy atom. The van der Waals surface area contributed by atoms with Gasteiger partial charge in [0, 0.05) is 5.56 Å². The number of aliphatic hydroxyl groups excluding tert-OH is 3. The smallest absolute Gasteiger partial charge is 0.121 e. The summed E-state index contributed by atoms with van der Waals surface area (Å²) in [5.74, 6) is -0.0660. The van der Waals surface area contributed by atoms with Crippen molar-refractivity contribution in [3.8, 4) is 5.75 Å². The zero-order valence-corrected chi connectivity index (χ0v) is 7.06. The van der Waals surface area contributed by atoms with Gasteiger partial charge < -0.3 is 20.4 Å². The van der Waals surface area contributed by atoms with Gasteiger partial charge in [-0.05, 0) is 23.3 Å². The van der Waals surface area contributed by atoms with Crippen LogP contribution in [0.4, 0.5) is 0 Å². The molecular weight excluding hydrogens is 172 g/mol. The van der Waals surface area contributed by atoms with Crippen molar-refractivity contribution in [3.63, 3.8) is 0 Å². The normalized spacial score (nSPS) is 10.4. The third kappa shape index (κ3) is 1.98. The summed E-state index contributed by atoms with van der Waals surface area (Å²) in [4.78, 5) is 0. The molecule has 0 aliphatic carbocycles. The molecule has 13 heavy (non-hydrogen) atoms. The molecule has 72 valence electrons. The Labute approximate surface area is 75.7 Å². The van der Waals surface area contributed by atoms with E-state index in [1.54, 1.807) is 0 Å². The molecule has 0 saturated heterocycles. The first kappa shape index (κ1) is 9.98. The van der Waals surface area contributed by atoms with Crippen molar-refractivity contribution in [2.45, 2.75) is 19.8 Å². The molecule has 0 atom stereocenters. The van der Waals surface area contributed by atoms with Crippen LogP contribution in [-0.2, 0) is 19.8 Å². The van der Waals surface area contributed by atoms with Crippen molar-refractivity contribution in [1.29, 1.82) is 0 Å². The van der Waals surface area contributed by atoms with E-state index >= 15 is 0 Å². The summed E-state index contributed by atoms with van der Waals surface area (Å²) in [5.41, 5.74) is 1.34. The molecule has 0 saturated carbocycles. The molecule has 0 aromatic heterocycles. The van der Waals surface area contributed by atoms with Crippen LogP contribution >= 0.6 is 0 Å². The van der Waals surface area contributed by atoms with Crippen LogP contribution in [0, 0.1) is 0 Å². The lowest BCUT2D eigenvalue weighted by atomic mass is 10.0. The summed E-state index contributed by atoms with van der Waals surface area (Å²) in [6, 6.07) is 2.82. The Morgan fingerprint density at radius 3 is 1.69 bits per heavy atom. The van der Waals surface area contributed by atoms with Gasteiger partial charge in [-0.1, -0.05) is 0 Å². The molecular formula is C9H12O4. The van der Waals surface area contributed by atoms with E-state index in [0.29, 0.717) is 16.7 Å². The number of rotatable bonds is 3. The minimum Gasteiger partial charge on any atom is -0.508 e. The third-order valence-electron chi connectivity index (χ3n) is 1.91. The van der Waals surface area contributed by atoms with Crippen LogP contribution in [-0.4, -0.2) is 20.4 Å². The predicted octanol–water partition coefficient (Wildman–Crippen LogP) is -0.131. The zero-order chi connectivity index (χ0) is 9.84. The van der Waals surface area contributed by atoms with Gasteiger partial charge in [-0.15, -0.1) is 0 Å². The lowest BCUT2D eigenvalue weighted by Crippen LogP contribution is -1.97. The third-order valence-corrected chi connectivity index (χ3v) is 1.91. The number of phenols is 1. The van der Waals surface area contributed by atoms with E-state index in [0.717, 1.165) is 0 Å². The summed E-state index contributed by atoms with van der Waals surface area (Å²) in [5, 5.41) is 35.8. The first-order valence-corrected chi connectivity index (χ1v) is 3.89. The van der Waals surface area contributed by atoms with Crippen LogP contribution in [0.3, 0.4) is 0 Å². The fourth-order valence-corrected chi connectivity index (χ4v) is 1.15. The highest BCUT2D eigenvalue weighted by molar-refractivity contribution is 5.41. The molecule has 4 heteroatoms. The van der Waals surface area contributed by atoms with E-state index in [1.165, 1.54) is 12.1 Å². The van der Waals surface area contributed by atoms with Crippen LogP contribution in [0.5, 0.6) is 5.75 Å². The molecule has 1 rings (SSSR count). The van der Waals surface area contributed by atoms with Crippen molar-refractivity contribution < 1.29 is 20.4 Å². The van der Waals surface area contributed by atoms with Gasteiger partial charge in [0.2, 0.25) is 0 Å². The van der Waals surface area contributed by atoms with Gasteiger partial charge >= 0.3 is 0 Å². The summed E-state index contributed by atoms with van der Waals surface area (Å²) in [6.45, 7) is -0.747. The van der Waals surface area contributed by atoms with Crippen LogP contribution in [0.1, 0.15) is 16.7 Å². The second-order valence-electron chi connectivity index (χ2n) is 2.72. The van der Waals surface area contributed by atoms with E-state index in [2.05, 4.69) is 0 Å². The SMILES string of the molecule is OCc1cc(CO)c(CO)cc1O. The number of benzene rings is 1. The first-order chi connectivity index (χ1) is 6.22. The Hall–Kier alpha value is -1.10. The molecule has 0 aliphatic heterocycles. The van der Waals surface area contributed by atoms with Crippen molar-refractivity contribution in [3.05, 3.63) is 28.8 Å². The molecule has 0 radical (unpaired) electrons. The Bertz CT molecular complexity index is 296. The van der Waals surface area contributed by atoms with Crippen molar-refractivity contribution in [2.75, 3.05) is 0 Å². The number of aliphatic hydroxyl groups is 3. The van der Waals surface area contributed by atoms with Crippen molar-refractivity contribution in [2.24, 2.45) is 0 Å². The highest BCUT2D eigenvalue weighted by atomic mass is 16.3. The monoisotopic (exact) mass is 184 g/mol. The summed E-state index contributed by atoms with van der Waals surface area (Å²) >= 11 is 0. The van der Waals surface area contributed by atoms with Gasteiger partial charge in [-0.25, -0.2) is 0 Å². The van der Waals surface area contributed by atoms with Gasteiger partial charge in [0.1, 0.15) is 5.75 Å². The van der Waals surface area contributed by atoms with E-state index in [1.807, 2.05) is 0 Å². The average molecular weight is 184 g/mol. The molecule has 1 aromatic carbocycles. The van der Waals surface area contributed by atoms with Crippen LogP contribution in [0.25, 0.3) is 0 Å². The zero-order valence-electron chi connectivity index (χ0n) is 7.06. The fourth-order valence-electron chi connectivity index (χ4n) is 1.15. The van der Waals surface area contributed by atoms with Gasteiger partial charge in [-0.2, -0.15) is 0 Å². The Morgan fingerprint density at radius 2 is 1.23 bits per heavy atom. The average Bonchev–Trinajstić information content (AvgIpc) is 2.17. The minimum atomic E-state index is -0.287. The summed E-state index contributed by atoms with van der Waals surface area (Å²) in [7, 11) is 0. The highest BCUT2D eigenvalue weighted by Gasteiger charge is 2.06. The number of hydrogen-bond acceptors (Lipinski definition) is 4. The number of aromatic hydroxyl groups is 1. The quantitative estimate of drug-likeness (QED) is 0.527. The predicted molar refractivity (Wildman–Crippen MR) is 45.9 cm³/mol. The molecule has 0 bridgehead atoms. The van der Waals surface area contributed by atoms with Crippen LogP contribution in [0.2, 0.25) is 0 Å². The number of hydrogen-bond donors (Lipinski definition) is 4. The minimum absolute atomic E-state index is 0.0660. The first-order valence-electron chi connectivity index (χ1n) is 3.89. The second-order valence-corrected chi connectivity index (χ2v) is 2.72. The maximum atomic E-state index is 9.29. The Kier molecular flexibility index (Phi) is 3.25. The maximum absolute atomic E-state index is 9.29. The molecule has 1 aromatic rings. The topological polar surface area (TPSA) is 80.9 Å². The van der Waals surface area contributed by atoms with Gasteiger partial charge in [-0.3, -0.25) is 0 Å². The molecule has 0 aliphatic rings. The van der Waals surface area contributed by atoms with Gasteiger partial charge in [0.25, 0.3) is 0 Å². The van der Waals surface area contributed by atoms with Crippen molar-refractivity contribution in [1.82, 2.24) is 0 Å². The van der Waals surface area contributed by atoms with Crippen LogP contribution in [0.15, 0.2) is 12.1 Å². The lowest BCUT2D eigenvalue weighted by molar-refractivity contribution is 0.255. The molecule has 0 amide bonds. The van der Waals surface area contributed by atoms with E-state index in [9.17, 15) is 5.11 Å². The van der Waals surface area contributed by atoms with E-state index < -0.39 is 0 Å². The van der Waals surface area contributed by atoms with Crippen molar-refractivity contribution >= 4 is 0 Å². The van der Waals surface area contributed by atoms with E-state index in [-0.39, 0.29) is 25.6 Å². The maximum Gasteiger partial charge on any atom is 0.121 e. The molecule has 0 unspecified atom stereocenters.